The van der Waals surface area contributed by atoms with E-state index in [9.17, 15) is 14.9 Å². The quantitative estimate of drug-likeness (QED) is 0.277. The molecule has 7 nitrogen and oxygen atoms in total. The van der Waals surface area contributed by atoms with E-state index in [4.69, 9.17) is 4.74 Å². The van der Waals surface area contributed by atoms with Gasteiger partial charge < -0.3 is 9.30 Å². The van der Waals surface area contributed by atoms with Crippen molar-refractivity contribution in [3.05, 3.63) is 99.7 Å². The molecule has 0 aliphatic heterocycles. The molecule has 30 heavy (non-hydrogen) atoms. The lowest BCUT2D eigenvalue weighted by Crippen LogP contribution is -2.13. The van der Waals surface area contributed by atoms with Crippen molar-refractivity contribution in [3.8, 4) is 5.75 Å². The maximum absolute atomic E-state index is 12.5. The number of pyridine rings is 1. The Hall–Kier alpha value is -3.26. The van der Waals surface area contributed by atoms with E-state index in [0.29, 0.717) is 13.2 Å². The lowest BCUT2D eigenvalue weighted by atomic mass is 10.1. The van der Waals surface area contributed by atoms with Crippen molar-refractivity contribution in [1.82, 2.24) is 4.57 Å². The molecule has 0 saturated carbocycles. The van der Waals surface area contributed by atoms with Crippen molar-refractivity contribution in [3.63, 3.8) is 0 Å². The Kier molecular flexibility index (Phi) is 8.49. The predicted octanol–water partition coefficient (Wildman–Crippen LogP) is 4.36. The minimum Gasteiger partial charge on any atom is -0.487 e. The van der Waals surface area contributed by atoms with E-state index >= 15 is 0 Å². The highest BCUT2D eigenvalue weighted by Crippen LogP contribution is 2.28. The fourth-order valence-electron chi connectivity index (χ4n) is 2.79. The molecule has 0 spiro atoms. The van der Waals surface area contributed by atoms with Crippen LogP contribution in [0, 0.1) is 10.1 Å². The molecule has 1 heterocycles. The molecule has 3 rings (SSSR count). The maximum Gasteiger partial charge on any atom is 0.311 e. The molecule has 0 aliphatic rings. The first-order valence-electron chi connectivity index (χ1n) is 9.22. The van der Waals surface area contributed by atoms with E-state index in [1.54, 1.807) is 30.0 Å². The third-order valence-electron chi connectivity index (χ3n) is 4.26. The Morgan fingerprint density at radius 3 is 2.43 bits per heavy atom. The molecule has 0 bridgehead atoms. The summed E-state index contributed by atoms with van der Waals surface area (Å²) in [7, 11) is 0. The minimum absolute atomic E-state index is 0. The van der Waals surface area contributed by atoms with Gasteiger partial charge in [-0.2, -0.15) is 0 Å². The van der Waals surface area contributed by atoms with Crippen molar-refractivity contribution in [2.24, 2.45) is 4.99 Å². The zero-order chi connectivity index (χ0) is 20.6. The first-order chi connectivity index (χ1) is 14.1. The van der Waals surface area contributed by atoms with Crippen LogP contribution in [0.3, 0.4) is 0 Å². The summed E-state index contributed by atoms with van der Waals surface area (Å²) in [5, 5.41) is 12.0. The van der Waals surface area contributed by atoms with Gasteiger partial charge in [-0.3, -0.25) is 19.9 Å². The van der Waals surface area contributed by atoms with Gasteiger partial charge in [0.25, 0.3) is 0 Å². The van der Waals surface area contributed by atoms with Gasteiger partial charge in [-0.05, 0) is 36.8 Å². The maximum atomic E-state index is 12.5. The molecule has 0 aliphatic carbocycles. The van der Waals surface area contributed by atoms with Crippen LogP contribution in [0.1, 0.15) is 22.8 Å². The Balaban J connectivity index is 0.00000320. The number of hydrogen-bond donors (Lipinski definition) is 0. The summed E-state index contributed by atoms with van der Waals surface area (Å²) in [6.45, 7) is 2.71. The number of hydrogen-bond acceptors (Lipinski definition) is 5. The lowest BCUT2D eigenvalue weighted by Gasteiger charge is -2.08. The number of carbonyl (C=O) groups excluding carboxylic acids is 1. The van der Waals surface area contributed by atoms with Crippen LogP contribution in [0.4, 0.5) is 5.69 Å². The largest absolute Gasteiger partial charge is 0.487 e. The number of nitro benzene ring substituents is 1. The number of ether oxygens (including phenoxy) is 1. The molecular weight excluding hydrogens is 450 g/mol. The molecule has 0 radical (unpaired) electrons. The summed E-state index contributed by atoms with van der Waals surface area (Å²) in [5.41, 5.74) is 1.18. The number of carbonyl (C=O) groups is 1. The third-order valence-corrected chi connectivity index (χ3v) is 4.26. The Morgan fingerprint density at radius 1 is 1.10 bits per heavy atom. The van der Waals surface area contributed by atoms with Crippen molar-refractivity contribution < 1.29 is 14.5 Å². The molecule has 2 aromatic carbocycles. The smallest absolute Gasteiger partial charge is 0.311 e. The summed E-state index contributed by atoms with van der Waals surface area (Å²) in [4.78, 5) is 27.8. The molecule has 0 unspecified atom stereocenters. The zero-order valence-corrected chi connectivity index (χ0v) is 18.1. The summed E-state index contributed by atoms with van der Waals surface area (Å²) in [5.74, 6) is -0.0683. The van der Waals surface area contributed by atoms with Crippen molar-refractivity contribution >= 4 is 28.5 Å². The number of nitrogens with zero attached hydrogens (tertiary/aromatic N) is 3. The van der Waals surface area contributed by atoms with Gasteiger partial charge in [0.05, 0.1) is 30.0 Å². The number of aromatic nitrogens is 1. The lowest BCUT2D eigenvalue weighted by molar-refractivity contribution is -0.385. The monoisotopic (exact) mass is 471 g/mol. The molecule has 8 heteroatoms. The van der Waals surface area contributed by atoms with E-state index in [1.165, 1.54) is 12.1 Å². The summed E-state index contributed by atoms with van der Waals surface area (Å²) in [6, 6.07) is 17.9. The van der Waals surface area contributed by atoms with Crippen molar-refractivity contribution in [1.29, 1.82) is 0 Å². The van der Waals surface area contributed by atoms with Crippen LogP contribution in [0.25, 0.3) is 0 Å². The molecule has 0 atom stereocenters. The van der Waals surface area contributed by atoms with Gasteiger partial charge in [0.1, 0.15) is 0 Å². The fourth-order valence-corrected chi connectivity index (χ4v) is 2.79. The number of benzene rings is 2. The first-order valence-corrected chi connectivity index (χ1v) is 9.22. The van der Waals surface area contributed by atoms with E-state index in [2.05, 4.69) is 4.99 Å². The van der Waals surface area contributed by atoms with Gasteiger partial charge >= 0.3 is 5.69 Å². The Labute approximate surface area is 184 Å². The average Bonchev–Trinajstić information content (AvgIpc) is 2.74. The molecule has 1 aromatic heterocycles. The van der Waals surface area contributed by atoms with E-state index in [1.807, 2.05) is 42.5 Å². The van der Waals surface area contributed by atoms with Crippen LogP contribution < -0.4 is 10.1 Å². The van der Waals surface area contributed by atoms with Crippen molar-refractivity contribution in [2.75, 3.05) is 6.61 Å². The second-order valence-electron chi connectivity index (χ2n) is 6.33. The van der Waals surface area contributed by atoms with Crippen molar-refractivity contribution in [2.45, 2.75) is 20.0 Å². The molecule has 3 aromatic rings. The number of halogens is 1. The second-order valence-corrected chi connectivity index (χ2v) is 6.33. The van der Waals surface area contributed by atoms with Crippen LogP contribution in [0.2, 0.25) is 0 Å². The van der Waals surface area contributed by atoms with Crippen LogP contribution in [0.15, 0.2) is 78.0 Å². The fraction of sp³-hybridized carbons (Fsp3) is 0.182. The zero-order valence-electron chi connectivity index (χ0n) is 16.4. The standard InChI is InChI=1S/C22H21N3O4.BrH/c1-2-29-22-9-8-18(14-20(22)25(27)28)21(26)16-24-12-10-19(11-13-24)23-15-17-6-4-3-5-7-17;/h3-14H,2,15-16H2,1H3;1H. The first kappa shape index (κ1) is 23.0. The number of rotatable bonds is 8. The number of nitro groups is 1. The van der Waals surface area contributed by atoms with Crippen LogP contribution in [-0.2, 0) is 13.1 Å². The summed E-state index contributed by atoms with van der Waals surface area (Å²) >= 11 is 0. The minimum atomic E-state index is -0.544. The number of ketones is 1. The topological polar surface area (TPSA) is 86.7 Å². The molecule has 0 N–H and O–H groups in total. The van der Waals surface area contributed by atoms with E-state index < -0.39 is 4.92 Å². The molecule has 0 amide bonds. The molecule has 156 valence electrons. The van der Waals surface area contributed by atoms with E-state index in [-0.39, 0.29) is 46.3 Å². The Bertz CT molecular complexity index is 1060. The highest BCUT2D eigenvalue weighted by molar-refractivity contribution is 8.93. The normalized spacial score (nSPS) is 10.0. The van der Waals surface area contributed by atoms with Gasteiger partial charge in [0.2, 0.25) is 0 Å². The van der Waals surface area contributed by atoms with Crippen LogP contribution in [-0.4, -0.2) is 21.9 Å². The highest BCUT2D eigenvalue weighted by Gasteiger charge is 2.18. The summed E-state index contributed by atoms with van der Waals surface area (Å²) in [6.07, 6.45) is 3.54. The third kappa shape index (κ3) is 6.12. The summed E-state index contributed by atoms with van der Waals surface area (Å²) < 4.78 is 6.97. The predicted molar refractivity (Wildman–Crippen MR) is 119 cm³/mol. The average molecular weight is 472 g/mol. The molecule has 0 saturated heterocycles. The van der Waals surface area contributed by atoms with Crippen LogP contribution >= 0.6 is 17.0 Å². The molecule has 0 fully saturated rings. The second kappa shape index (κ2) is 11.1. The van der Waals surface area contributed by atoms with Gasteiger partial charge in [0.15, 0.2) is 11.5 Å². The molecular formula is C22H22BrN3O4. The van der Waals surface area contributed by atoms with Gasteiger partial charge in [-0.1, -0.05) is 30.3 Å². The van der Waals surface area contributed by atoms with Gasteiger partial charge in [-0.15, -0.1) is 17.0 Å². The van der Waals surface area contributed by atoms with Gasteiger partial charge in [-0.25, -0.2) is 0 Å². The van der Waals surface area contributed by atoms with Gasteiger partial charge in [0, 0.05) is 24.0 Å². The number of Topliss-reactive ketones (excluding diaryl/α,β-unsaturated/α-hetero) is 1. The van der Waals surface area contributed by atoms with E-state index in [0.717, 1.165) is 10.9 Å². The van der Waals surface area contributed by atoms with Crippen LogP contribution in [0.5, 0.6) is 5.75 Å². The Morgan fingerprint density at radius 2 is 1.80 bits per heavy atom. The highest BCUT2D eigenvalue weighted by atomic mass is 79.9. The SMILES string of the molecule is Br.CCOc1ccc(C(=O)Cn2ccc(=NCc3ccccc3)cc2)cc1[N+](=O)[O-].